The molecule has 0 bridgehead atoms. The second kappa shape index (κ2) is 6.32. The topological polar surface area (TPSA) is 65.8 Å². The second-order valence-corrected chi connectivity index (χ2v) is 6.91. The Morgan fingerprint density at radius 2 is 2.12 bits per heavy atom. The molecule has 0 unspecified atom stereocenters. The lowest BCUT2D eigenvalue weighted by molar-refractivity contribution is 0.514. The molecule has 6 nitrogen and oxygen atoms in total. The lowest BCUT2D eigenvalue weighted by atomic mass is 10.3. The van der Waals surface area contributed by atoms with Crippen molar-refractivity contribution >= 4 is 22.9 Å². The predicted octanol–water partition coefficient (Wildman–Crippen LogP) is 3.04. The Morgan fingerprint density at radius 3 is 2.92 bits per heavy atom. The summed E-state index contributed by atoms with van der Waals surface area (Å²) in [7, 11) is 0. The number of hydrogen-bond donors (Lipinski definition) is 0. The van der Waals surface area contributed by atoms with E-state index >= 15 is 0 Å². The SMILES string of the molecule is C=CCn1c(SCCn2c(=O)oc3ccccc32)nnc1C1CC1. The largest absolute Gasteiger partial charge is 0.419 e. The number of thioether (sulfide) groups is 1. The van der Waals surface area contributed by atoms with Crippen molar-refractivity contribution in [3.63, 3.8) is 0 Å². The molecule has 1 aliphatic rings. The van der Waals surface area contributed by atoms with E-state index in [-0.39, 0.29) is 5.76 Å². The van der Waals surface area contributed by atoms with Gasteiger partial charge in [0.1, 0.15) is 5.82 Å². The fraction of sp³-hybridized carbons (Fsp3) is 0.353. The van der Waals surface area contributed by atoms with E-state index in [9.17, 15) is 4.79 Å². The minimum Gasteiger partial charge on any atom is -0.408 e. The molecular formula is C17H18N4O2S. The molecule has 0 N–H and O–H groups in total. The average molecular weight is 342 g/mol. The van der Waals surface area contributed by atoms with E-state index in [1.165, 1.54) is 12.8 Å². The van der Waals surface area contributed by atoms with Crippen molar-refractivity contribution in [1.29, 1.82) is 0 Å². The first-order valence-electron chi connectivity index (χ1n) is 8.03. The highest BCUT2D eigenvalue weighted by atomic mass is 32.2. The first-order chi connectivity index (χ1) is 11.8. The summed E-state index contributed by atoms with van der Waals surface area (Å²) in [5.74, 6) is 2.02. The molecule has 1 fully saturated rings. The Balaban J connectivity index is 1.50. The quantitative estimate of drug-likeness (QED) is 0.488. The second-order valence-electron chi connectivity index (χ2n) is 5.85. The molecule has 0 radical (unpaired) electrons. The molecule has 2 aromatic heterocycles. The van der Waals surface area contributed by atoms with Crippen molar-refractivity contribution in [2.75, 3.05) is 5.75 Å². The molecule has 0 aliphatic heterocycles. The van der Waals surface area contributed by atoms with Gasteiger partial charge < -0.3 is 8.98 Å². The van der Waals surface area contributed by atoms with E-state index in [2.05, 4.69) is 21.3 Å². The van der Waals surface area contributed by atoms with Crippen molar-refractivity contribution in [2.24, 2.45) is 0 Å². The third kappa shape index (κ3) is 2.80. The number of oxazole rings is 1. The molecule has 1 saturated carbocycles. The van der Waals surface area contributed by atoms with Crippen LogP contribution >= 0.6 is 11.8 Å². The van der Waals surface area contributed by atoms with Gasteiger partial charge in [-0.3, -0.25) is 4.57 Å². The summed E-state index contributed by atoms with van der Waals surface area (Å²) in [6, 6.07) is 7.48. The van der Waals surface area contributed by atoms with Crippen molar-refractivity contribution in [1.82, 2.24) is 19.3 Å². The zero-order valence-electron chi connectivity index (χ0n) is 13.2. The number of nitrogens with zero attached hydrogens (tertiary/aromatic N) is 4. The van der Waals surface area contributed by atoms with Gasteiger partial charge in [-0.2, -0.15) is 0 Å². The number of para-hydroxylation sites is 2. The lowest BCUT2D eigenvalue weighted by Gasteiger charge is -2.07. The summed E-state index contributed by atoms with van der Waals surface area (Å²) >= 11 is 1.61. The molecule has 7 heteroatoms. The average Bonchev–Trinajstić information content (AvgIpc) is 3.28. The van der Waals surface area contributed by atoms with Gasteiger partial charge in [0.25, 0.3) is 0 Å². The van der Waals surface area contributed by atoms with Crippen LogP contribution in [0.2, 0.25) is 0 Å². The van der Waals surface area contributed by atoms with Gasteiger partial charge in [0.15, 0.2) is 10.7 Å². The Kier molecular flexibility index (Phi) is 4.02. The van der Waals surface area contributed by atoms with Crippen LogP contribution in [-0.2, 0) is 13.1 Å². The zero-order chi connectivity index (χ0) is 16.5. The van der Waals surface area contributed by atoms with Gasteiger partial charge in [-0.1, -0.05) is 30.0 Å². The fourth-order valence-electron chi connectivity index (χ4n) is 2.80. The van der Waals surface area contributed by atoms with Crippen LogP contribution in [0.25, 0.3) is 11.1 Å². The maximum Gasteiger partial charge on any atom is 0.419 e. The number of rotatable bonds is 7. The number of benzene rings is 1. The van der Waals surface area contributed by atoms with E-state index in [1.54, 1.807) is 16.3 Å². The Labute approximate surface area is 143 Å². The van der Waals surface area contributed by atoms with Gasteiger partial charge in [-0.05, 0) is 25.0 Å². The van der Waals surface area contributed by atoms with Crippen LogP contribution in [0.1, 0.15) is 24.6 Å². The number of aryl methyl sites for hydroxylation is 1. The first-order valence-corrected chi connectivity index (χ1v) is 9.01. The maximum atomic E-state index is 12.0. The number of aromatic nitrogens is 4. The minimum atomic E-state index is -0.317. The summed E-state index contributed by atoms with van der Waals surface area (Å²) in [4.78, 5) is 12.0. The van der Waals surface area contributed by atoms with Crippen LogP contribution in [0.3, 0.4) is 0 Å². The molecule has 0 saturated heterocycles. The van der Waals surface area contributed by atoms with Crippen LogP contribution < -0.4 is 5.76 Å². The van der Waals surface area contributed by atoms with Gasteiger partial charge in [0.05, 0.1) is 5.52 Å². The van der Waals surface area contributed by atoms with Crippen LogP contribution in [0, 0.1) is 0 Å². The standard InChI is InChI=1S/C17H18N4O2S/c1-2-9-21-15(12-7-8-12)18-19-16(21)24-11-10-20-13-5-3-4-6-14(13)23-17(20)22/h2-6,12H,1,7-11H2. The third-order valence-electron chi connectivity index (χ3n) is 4.12. The van der Waals surface area contributed by atoms with Gasteiger partial charge in [-0.25, -0.2) is 4.79 Å². The molecule has 4 rings (SSSR count). The van der Waals surface area contributed by atoms with E-state index < -0.39 is 0 Å². The van der Waals surface area contributed by atoms with Gasteiger partial charge >= 0.3 is 5.76 Å². The monoisotopic (exact) mass is 342 g/mol. The number of hydrogen-bond acceptors (Lipinski definition) is 5. The molecule has 1 aliphatic carbocycles. The first kappa shape index (κ1) is 15.3. The zero-order valence-corrected chi connectivity index (χ0v) is 14.0. The molecule has 2 heterocycles. The smallest absolute Gasteiger partial charge is 0.408 e. The lowest BCUT2D eigenvalue weighted by Crippen LogP contribution is -2.15. The van der Waals surface area contributed by atoms with E-state index in [4.69, 9.17) is 4.42 Å². The summed E-state index contributed by atoms with van der Waals surface area (Å²) in [5.41, 5.74) is 1.45. The van der Waals surface area contributed by atoms with Crippen LogP contribution in [0.4, 0.5) is 0 Å². The number of fused-ring (bicyclic) bond motifs is 1. The Bertz CT molecular complexity index is 936. The molecule has 124 valence electrons. The van der Waals surface area contributed by atoms with Crippen LogP contribution in [-0.4, -0.2) is 25.1 Å². The molecule has 24 heavy (non-hydrogen) atoms. The number of allylic oxidation sites excluding steroid dienone is 1. The molecular weight excluding hydrogens is 324 g/mol. The predicted molar refractivity (Wildman–Crippen MR) is 93.4 cm³/mol. The van der Waals surface area contributed by atoms with Crippen molar-refractivity contribution in [2.45, 2.75) is 37.0 Å². The van der Waals surface area contributed by atoms with Gasteiger partial charge in [-0.15, -0.1) is 16.8 Å². The fourth-order valence-corrected chi connectivity index (χ4v) is 3.68. The summed E-state index contributed by atoms with van der Waals surface area (Å²) in [6.45, 7) is 5.11. The minimum absolute atomic E-state index is 0.317. The molecule has 1 aromatic carbocycles. The van der Waals surface area contributed by atoms with Crippen LogP contribution in [0.15, 0.2) is 51.3 Å². The van der Waals surface area contributed by atoms with E-state index in [0.29, 0.717) is 18.0 Å². The van der Waals surface area contributed by atoms with Crippen molar-refractivity contribution < 1.29 is 4.42 Å². The normalized spacial score (nSPS) is 14.3. The highest BCUT2D eigenvalue weighted by Crippen LogP contribution is 2.40. The molecule has 3 aromatic rings. The third-order valence-corrected chi connectivity index (χ3v) is 5.07. The Hall–Kier alpha value is -2.28. The maximum absolute atomic E-state index is 12.0. The van der Waals surface area contributed by atoms with Gasteiger partial charge in [0, 0.05) is 24.8 Å². The summed E-state index contributed by atoms with van der Waals surface area (Å²) in [5, 5.41) is 9.54. The Morgan fingerprint density at radius 1 is 1.29 bits per heavy atom. The summed E-state index contributed by atoms with van der Waals surface area (Å²) in [6.07, 6.45) is 4.25. The molecule has 0 atom stereocenters. The van der Waals surface area contributed by atoms with Crippen molar-refractivity contribution in [3.05, 3.63) is 53.3 Å². The summed E-state index contributed by atoms with van der Waals surface area (Å²) < 4.78 is 9.06. The van der Waals surface area contributed by atoms with Gasteiger partial charge in [0.2, 0.25) is 0 Å². The highest BCUT2D eigenvalue weighted by molar-refractivity contribution is 7.99. The molecule has 0 spiro atoms. The molecule has 0 amide bonds. The highest BCUT2D eigenvalue weighted by Gasteiger charge is 2.30. The van der Waals surface area contributed by atoms with Crippen LogP contribution in [0.5, 0.6) is 0 Å². The van der Waals surface area contributed by atoms with Crippen molar-refractivity contribution in [3.8, 4) is 0 Å². The van der Waals surface area contributed by atoms with E-state index in [1.807, 2.05) is 30.3 Å². The van der Waals surface area contributed by atoms with E-state index in [0.717, 1.165) is 28.8 Å².